The van der Waals surface area contributed by atoms with Gasteiger partial charge >= 0.3 is 11.9 Å². The number of aromatic carboxylic acids is 1. The number of methoxy groups -OCH3 is 3. The summed E-state index contributed by atoms with van der Waals surface area (Å²) in [4.78, 5) is 47.1. The lowest BCUT2D eigenvalue weighted by Crippen LogP contribution is -2.30. The second-order valence-electron chi connectivity index (χ2n) is 8.73. The zero-order valence-corrected chi connectivity index (χ0v) is 22.1. The molecule has 3 aromatic carbocycles. The number of amides is 1. The van der Waals surface area contributed by atoms with Gasteiger partial charge in [0.15, 0.2) is 0 Å². The molecule has 1 aromatic heterocycles. The van der Waals surface area contributed by atoms with Crippen molar-refractivity contribution >= 4 is 52.0 Å². The molecule has 0 radical (unpaired) electrons. The number of H-pyrrole nitrogens is 1. The summed E-state index contributed by atoms with van der Waals surface area (Å²) >= 11 is 6.23. The van der Waals surface area contributed by atoms with Crippen LogP contribution in [-0.2, 0) is 9.59 Å². The van der Waals surface area contributed by atoms with Crippen molar-refractivity contribution in [2.45, 2.75) is 6.04 Å². The molecule has 0 aliphatic carbocycles. The number of carboxylic acids is 1. The number of fused-ring (bicyclic) bond motifs is 1. The van der Waals surface area contributed by atoms with E-state index < -0.39 is 29.5 Å². The molecule has 1 fully saturated rings. The molecule has 1 aliphatic rings. The molecule has 0 spiro atoms. The number of carbonyl (C=O) groups is 3. The number of nitrogens with one attached hydrogen (secondary N) is 1. The van der Waals surface area contributed by atoms with Crippen LogP contribution in [0.25, 0.3) is 16.8 Å². The lowest BCUT2D eigenvalue weighted by atomic mass is 9.95. The van der Waals surface area contributed by atoms with Crippen LogP contribution in [0.15, 0.2) is 60.2 Å². The maximum atomic E-state index is 13.6. The van der Waals surface area contributed by atoms with E-state index in [9.17, 15) is 24.6 Å². The van der Waals surface area contributed by atoms with Crippen molar-refractivity contribution in [2.24, 2.45) is 0 Å². The smallest absolute Gasteiger partial charge is 0.335 e. The Bertz CT molecular complexity index is 1730. The first-order valence-corrected chi connectivity index (χ1v) is 12.2. The minimum atomic E-state index is -1.15. The molecule has 2 heterocycles. The van der Waals surface area contributed by atoms with Crippen LogP contribution in [0.2, 0.25) is 5.02 Å². The molecule has 204 valence electrons. The molecular weight excluding hydrogens is 542 g/mol. The minimum absolute atomic E-state index is 0.0119. The summed E-state index contributed by atoms with van der Waals surface area (Å²) in [7, 11) is 4.23. The van der Waals surface area contributed by atoms with Crippen LogP contribution in [0.1, 0.15) is 27.5 Å². The third kappa shape index (κ3) is 4.35. The van der Waals surface area contributed by atoms with Crippen molar-refractivity contribution in [2.75, 3.05) is 26.2 Å². The Kier molecular flexibility index (Phi) is 6.82. The maximum Gasteiger partial charge on any atom is 0.335 e. The van der Waals surface area contributed by atoms with Crippen molar-refractivity contribution in [3.8, 4) is 17.2 Å². The molecule has 0 bridgehead atoms. The number of halogens is 1. The van der Waals surface area contributed by atoms with Gasteiger partial charge in [-0.3, -0.25) is 14.5 Å². The molecular formula is C28H22ClN3O8. The van der Waals surface area contributed by atoms with Gasteiger partial charge in [0.25, 0.3) is 5.78 Å². The van der Waals surface area contributed by atoms with Gasteiger partial charge < -0.3 is 29.4 Å². The largest absolute Gasteiger partial charge is 0.507 e. The number of ether oxygens (including phenoxy) is 3. The second-order valence-corrected chi connectivity index (χ2v) is 9.14. The second kappa shape index (κ2) is 10.3. The number of ketones is 1. The number of Topliss-reactive ketones (excluding diaryl/α,β-unsaturated/α-hetero) is 1. The van der Waals surface area contributed by atoms with E-state index in [1.165, 1.54) is 51.7 Å². The van der Waals surface area contributed by atoms with Gasteiger partial charge in [-0.25, -0.2) is 9.78 Å². The number of carboxylic acid groups (broad SMARTS) is 1. The predicted octanol–water partition coefficient (Wildman–Crippen LogP) is 4.57. The summed E-state index contributed by atoms with van der Waals surface area (Å²) in [6.07, 6.45) is 0. The van der Waals surface area contributed by atoms with Crippen molar-refractivity contribution in [3.63, 3.8) is 0 Å². The number of nitrogens with zero attached hydrogens (tertiary/aromatic N) is 2. The number of carbonyl (C=O) groups excluding carboxylic acids is 2. The molecule has 40 heavy (non-hydrogen) atoms. The molecule has 3 N–H and O–H groups in total. The van der Waals surface area contributed by atoms with Crippen LogP contribution in [0.3, 0.4) is 0 Å². The summed E-state index contributed by atoms with van der Waals surface area (Å²) in [5, 5.41) is 21.1. The summed E-state index contributed by atoms with van der Waals surface area (Å²) in [6, 6.07) is 12.6. The van der Waals surface area contributed by atoms with Gasteiger partial charge in [-0.2, -0.15) is 0 Å². The van der Waals surface area contributed by atoms with Crippen molar-refractivity contribution < 1.29 is 38.8 Å². The first-order valence-electron chi connectivity index (χ1n) is 11.8. The van der Waals surface area contributed by atoms with E-state index in [0.717, 1.165) is 4.90 Å². The number of hydrogen-bond donors (Lipinski definition) is 3. The number of aromatic amines is 1. The van der Waals surface area contributed by atoms with Gasteiger partial charge in [0.05, 0.1) is 60.1 Å². The summed E-state index contributed by atoms with van der Waals surface area (Å²) in [6.45, 7) is 0. The lowest BCUT2D eigenvalue weighted by molar-refractivity contribution is -0.132. The van der Waals surface area contributed by atoms with E-state index in [1.54, 1.807) is 24.3 Å². The Morgan fingerprint density at radius 3 is 2.40 bits per heavy atom. The number of aromatic nitrogens is 2. The third-order valence-corrected chi connectivity index (χ3v) is 6.82. The fourth-order valence-corrected chi connectivity index (χ4v) is 4.84. The molecule has 1 atom stereocenters. The molecule has 12 heteroatoms. The Hall–Kier alpha value is -5.03. The maximum absolute atomic E-state index is 13.6. The normalized spacial score (nSPS) is 16.4. The number of benzene rings is 3. The molecule has 1 saturated heterocycles. The number of rotatable bonds is 7. The average Bonchev–Trinajstić information content (AvgIpc) is 3.49. The number of imidazole rings is 1. The van der Waals surface area contributed by atoms with Crippen LogP contribution in [0.5, 0.6) is 17.2 Å². The summed E-state index contributed by atoms with van der Waals surface area (Å²) < 4.78 is 16.0. The Balaban J connectivity index is 1.76. The zero-order valence-electron chi connectivity index (χ0n) is 21.4. The Morgan fingerprint density at radius 2 is 1.73 bits per heavy atom. The molecule has 0 saturated carbocycles. The summed E-state index contributed by atoms with van der Waals surface area (Å²) in [5.41, 5.74) is 0.989. The molecule has 11 nitrogen and oxygen atoms in total. The summed E-state index contributed by atoms with van der Waals surface area (Å²) in [5.74, 6) is -2.82. The molecule has 1 amide bonds. The van der Waals surface area contributed by atoms with Crippen LogP contribution in [0, 0.1) is 0 Å². The van der Waals surface area contributed by atoms with Crippen molar-refractivity contribution in [1.29, 1.82) is 0 Å². The fourth-order valence-electron chi connectivity index (χ4n) is 4.61. The van der Waals surface area contributed by atoms with Crippen LogP contribution < -0.4 is 19.1 Å². The van der Waals surface area contributed by atoms with E-state index in [1.807, 2.05) is 0 Å². The van der Waals surface area contributed by atoms with E-state index in [-0.39, 0.29) is 39.2 Å². The van der Waals surface area contributed by atoms with Gasteiger partial charge in [-0.05, 0) is 42.0 Å². The van der Waals surface area contributed by atoms with E-state index in [0.29, 0.717) is 22.3 Å². The van der Waals surface area contributed by atoms with Gasteiger partial charge in [-0.15, -0.1) is 0 Å². The molecule has 1 aliphatic heterocycles. The minimum Gasteiger partial charge on any atom is -0.507 e. The standard InChI is InChI=1S/C28H22ClN3O8/c1-38-15-6-4-5-13(9-15)23-22(24(33)16-11-21(40-3)17(29)12-20(16)39-2)25(34)26(35)32(23)28-30-18-8-7-14(27(36)37)10-19(18)31-28/h4-12,23,33H,1-3H3,(H,30,31)(H,36,37)/b24-22+. The topological polar surface area (TPSA) is 151 Å². The highest BCUT2D eigenvalue weighted by molar-refractivity contribution is 6.51. The third-order valence-electron chi connectivity index (χ3n) is 6.53. The number of aliphatic hydroxyl groups is 1. The van der Waals surface area contributed by atoms with Crippen LogP contribution in [0.4, 0.5) is 5.95 Å². The van der Waals surface area contributed by atoms with Gasteiger partial charge in [0.1, 0.15) is 23.0 Å². The van der Waals surface area contributed by atoms with Gasteiger partial charge in [0.2, 0.25) is 5.95 Å². The van der Waals surface area contributed by atoms with Gasteiger partial charge in [-0.1, -0.05) is 23.7 Å². The van der Waals surface area contributed by atoms with Crippen molar-refractivity contribution in [3.05, 3.63) is 81.9 Å². The number of anilines is 1. The number of aliphatic hydroxyl groups excluding tert-OH is 1. The fraction of sp³-hybridized carbons (Fsp3) is 0.143. The number of hydrogen-bond acceptors (Lipinski definition) is 8. The highest BCUT2D eigenvalue weighted by Crippen LogP contribution is 2.45. The molecule has 5 rings (SSSR count). The SMILES string of the molecule is COc1cccc(C2/C(=C(\O)c3cc(OC)c(Cl)cc3OC)C(=O)C(=O)N2c2nc3ccc(C(=O)O)cc3[nH]2)c1. The van der Waals surface area contributed by atoms with Crippen LogP contribution in [-0.4, -0.2) is 59.2 Å². The Labute approximate surface area is 232 Å². The zero-order chi connectivity index (χ0) is 28.7. The highest BCUT2D eigenvalue weighted by atomic mass is 35.5. The predicted molar refractivity (Wildman–Crippen MR) is 145 cm³/mol. The molecule has 1 unspecified atom stereocenters. The molecule has 4 aromatic rings. The lowest BCUT2D eigenvalue weighted by Gasteiger charge is -2.23. The van der Waals surface area contributed by atoms with Crippen LogP contribution >= 0.6 is 11.6 Å². The Morgan fingerprint density at radius 1 is 0.975 bits per heavy atom. The quantitative estimate of drug-likeness (QED) is 0.167. The van der Waals surface area contributed by atoms with E-state index in [2.05, 4.69) is 9.97 Å². The van der Waals surface area contributed by atoms with Crippen molar-refractivity contribution in [1.82, 2.24) is 9.97 Å². The van der Waals surface area contributed by atoms with E-state index in [4.69, 9.17) is 25.8 Å². The monoisotopic (exact) mass is 563 g/mol. The van der Waals surface area contributed by atoms with E-state index >= 15 is 0 Å². The first-order chi connectivity index (χ1) is 19.2. The average molecular weight is 564 g/mol. The van der Waals surface area contributed by atoms with Gasteiger partial charge in [0, 0.05) is 6.07 Å². The first kappa shape index (κ1) is 26.6. The highest BCUT2D eigenvalue weighted by Gasteiger charge is 2.48.